The molecule has 0 saturated carbocycles. The van der Waals surface area contributed by atoms with E-state index in [-0.39, 0.29) is 17.3 Å². The van der Waals surface area contributed by atoms with E-state index in [0.717, 1.165) is 18.3 Å². The van der Waals surface area contributed by atoms with Gasteiger partial charge in [-0.1, -0.05) is 0 Å². The number of benzene rings is 1. The third kappa shape index (κ3) is 2.98. The predicted octanol–water partition coefficient (Wildman–Crippen LogP) is 3.35. The molecule has 0 amide bonds. The van der Waals surface area contributed by atoms with Crippen LogP contribution in [0.15, 0.2) is 36.5 Å². The van der Waals surface area contributed by atoms with Crippen LogP contribution in [0.2, 0.25) is 0 Å². The first-order valence-electron chi connectivity index (χ1n) is 5.41. The van der Waals surface area contributed by atoms with Gasteiger partial charge in [0.15, 0.2) is 5.75 Å². The molecule has 0 aliphatic rings. The maximum Gasteiger partial charge on any atom is 0.416 e. The summed E-state index contributed by atoms with van der Waals surface area (Å²) in [6, 6.07) is 7.71. The number of anilines is 1. The van der Waals surface area contributed by atoms with E-state index in [1.165, 1.54) is 18.2 Å². The molecular formula is C13H8F3N3O. The molecule has 0 radical (unpaired) electrons. The Balaban J connectivity index is 2.29. The molecule has 20 heavy (non-hydrogen) atoms. The van der Waals surface area contributed by atoms with Crippen LogP contribution in [-0.2, 0) is 6.18 Å². The molecule has 7 heteroatoms. The van der Waals surface area contributed by atoms with Crippen LogP contribution < -0.4 is 10.5 Å². The van der Waals surface area contributed by atoms with Crippen molar-refractivity contribution in [2.45, 2.75) is 6.18 Å². The SMILES string of the molecule is N#Cc1ccc(Oc2cc(C(F)(F)F)ccn2)c(N)c1. The zero-order valence-electron chi connectivity index (χ0n) is 9.98. The van der Waals surface area contributed by atoms with Crippen molar-refractivity contribution in [2.75, 3.05) is 5.73 Å². The molecule has 102 valence electrons. The first-order valence-corrected chi connectivity index (χ1v) is 5.41. The van der Waals surface area contributed by atoms with Gasteiger partial charge in [-0.15, -0.1) is 0 Å². The zero-order chi connectivity index (χ0) is 14.8. The summed E-state index contributed by atoms with van der Waals surface area (Å²) in [7, 11) is 0. The second-order valence-corrected chi connectivity index (χ2v) is 3.85. The molecule has 2 N–H and O–H groups in total. The Bertz CT molecular complexity index is 677. The van der Waals surface area contributed by atoms with Crippen LogP contribution in [0, 0.1) is 11.3 Å². The standard InChI is InChI=1S/C13H8F3N3O/c14-13(15,16)9-3-4-19-12(6-9)20-11-2-1-8(7-17)5-10(11)18/h1-6H,18H2. The minimum absolute atomic E-state index is 0.135. The summed E-state index contributed by atoms with van der Waals surface area (Å²) in [5, 5.41) is 8.68. The maximum atomic E-state index is 12.5. The number of halogens is 3. The average molecular weight is 279 g/mol. The van der Waals surface area contributed by atoms with E-state index in [1.807, 2.05) is 6.07 Å². The third-order valence-corrected chi connectivity index (χ3v) is 2.42. The highest BCUT2D eigenvalue weighted by atomic mass is 19.4. The number of nitriles is 1. The largest absolute Gasteiger partial charge is 0.437 e. The molecule has 2 rings (SSSR count). The maximum absolute atomic E-state index is 12.5. The molecule has 0 saturated heterocycles. The lowest BCUT2D eigenvalue weighted by atomic mass is 10.2. The predicted molar refractivity (Wildman–Crippen MR) is 64.9 cm³/mol. The monoisotopic (exact) mass is 279 g/mol. The minimum atomic E-state index is -4.47. The van der Waals surface area contributed by atoms with E-state index in [9.17, 15) is 13.2 Å². The molecule has 0 bridgehead atoms. The Labute approximate surface area is 112 Å². The van der Waals surface area contributed by atoms with Crippen LogP contribution >= 0.6 is 0 Å². The van der Waals surface area contributed by atoms with E-state index in [0.29, 0.717) is 5.56 Å². The summed E-state index contributed by atoms with van der Waals surface area (Å²) in [6.45, 7) is 0. The smallest absolute Gasteiger partial charge is 0.416 e. The van der Waals surface area contributed by atoms with Crippen molar-refractivity contribution >= 4 is 5.69 Å². The number of nitrogens with two attached hydrogens (primary N) is 1. The van der Waals surface area contributed by atoms with Crippen LogP contribution in [0.1, 0.15) is 11.1 Å². The van der Waals surface area contributed by atoms with Crippen molar-refractivity contribution in [1.82, 2.24) is 4.98 Å². The van der Waals surface area contributed by atoms with Gasteiger partial charge in [0, 0.05) is 12.3 Å². The van der Waals surface area contributed by atoms with Crippen LogP contribution in [-0.4, -0.2) is 4.98 Å². The van der Waals surface area contributed by atoms with Crippen LogP contribution in [0.3, 0.4) is 0 Å². The summed E-state index contributed by atoms with van der Waals surface area (Å²) in [4.78, 5) is 3.69. The van der Waals surface area contributed by atoms with Gasteiger partial charge in [0.2, 0.25) is 5.88 Å². The Morgan fingerprint density at radius 3 is 2.55 bits per heavy atom. The number of alkyl halides is 3. The van der Waals surface area contributed by atoms with E-state index < -0.39 is 11.7 Å². The summed E-state index contributed by atoms with van der Waals surface area (Å²) in [6.07, 6.45) is -3.48. The number of rotatable bonds is 2. The molecule has 1 heterocycles. The third-order valence-electron chi connectivity index (χ3n) is 2.42. The van der Waals surface area contributed by atoms with E-state index >= 15 is 0 Å². The lowest BCUT2D eigenvalue weighted by Gasteiger charge is -2.10. The molecule has 1 aromatic heterocycles. The second-order valence-electron chi connectivity index (χ2n) is 3.85. The van der Waals surface area contributed by atoms with Crippen molar-refractivity contribution in [3.63, 3.8) is 0 Å². The Morgan fingerprint density at radius 2 is 1.95 bits per heavy atom. The first-order chi connectivity index (χ1) is 9.40. The molecule has 2 aromatic rings. The molecule has 4 nitrogen and oxygen atoms in total. The van der Waals surface area contributed by atoms with Crippen LogP contribution in [0.5, 0.6) is 11.6 Å². The summed E-state index contributed by atoms with van der Waals surface area (Å²) in [5.41, 5.74) is 5.24. The molecule has 1 aromatic carbocycles. The Kier molecular flexibility index (Phi) is 3.48. The molecule has 0 atom stereocenters. The fourth-order valence-electron chi connectivity index (χ4n) is 1.47. The number of hydrogen-bond donors (Lipinski definition) is 1. The molecule has 0 aliphatic carbocycles. The number of hydrogen-bond acceptors (Lipinski definition) is 4. The molecule has 0 unspecified atom stereocenters. The molecule has 0 spiro atoms. The zero-order valence-corrected chi connectivity index (χ0v) is 9.98. The van der Waals surface area contributed by atoms with Crippen molar-refractivity contribution < 1.29 is 17.9 Å². The van der Waals surface area contributed by atoms with Crippen LogP contribution in [0.4, 0.5) is 18.9 Å². The highest BCUT2D eigenvalue weighted by Crippen LogP contribution is 2.32. The highest BCUT2D eigenvalue weighted by molar-refractivity contribution is 5.57. The van der Waals surface area contributed by atoms with Gasteiger partial charge in [0.25, 0.3) is 0 Å². The highest BCUT2D eigenvalue weighted by Gasteiger charge is 2.31. The van der Waals surface area contributed by atoms with Gasteiger partial charge in [-0.2, -0.15) is 18.4 Å². The number of nitrogen functional groups attached to an aromatic ring is 1. The number of pyridine rings is 1. The summed E-state index contributed by atoms with van der Waals surface area (Å²) < 4.78 is 42.8. The number of aromatic nitrogens is 1. The van der Waals surface area contributed by atoms with E-state index in [4.69, 9.17) is 15.7 Å². The number of nitrogens with zero attached hydrogens (tertiary/aromatic N) is 2. The Hall–Kier alpha value is -2.75. The minimum Gasteiger partial charge on any atom is -0.437 e. The van der Waals surface area contributed by atoms with Crippen molar-refractivity contribution in [3.8, 4) is 17.7 Å². The molecule has 0 aliphatic heterocycles. The van der Waals surface area contributed by atoms with Gasteiger partial charge < -0.3 is 10.5 Å². The number of ether oxygens (including phenoxy) is 1. The van der Waals surface area contributed by atoms with Gasteiger partial charge in [0.05, 0.1) is 22.9 Å². The normalized spacial score (nSPS) is 10.9. The van der Waals surface area contributed by atoms with Crippen molar-refractivity contribution in [2.24, 2.45) is 0 Å². The van der Waals surface area contributed by atoms with Gasteiger partial charge in [0.1, 0.15) is 0 Å². The van der Waals surface area contributed by atoms with Gasteiger partial charge >= 0.3 is 6.18 Å². The van der Waals surface area contributed by atoms with Gasteiger partial charge in [-0.25, -0.2) is 4.98 Å². The van der Waals surface area contributed by atoms with Crippen molar-refractivity contribution in [3.05, 3.63) is 47.7 Å². The second kappa shape index (κ2) is 5.09. The van der Waals surface area contributed by atoms with Gasteiger partial charge in [-0.3, -0.25) is 0 Å². The molecular weight excluding hydrogens is 271 g/mol. The van der Waals surface area contributed by atoms with E-state index in [2.05, 4.69) is 4.98 Å². The van der Waals surface area contributed by atoms with Crippen LogP contribution in [0.25, 0.3) is 0 Å². The summed E-state index contributed by atoms with van der Waals surface area (Å²) in [5.74, 6) is -0.0907. The summed E-state index contributed by atoms with van der Waals surface area (Å²) >= 11 is 0. The quantitative estimate of drug-likeness (QED) is 0.856. The van der Waals surface area contributed by atoms with Crippen molar-refractivity contribution in [1.29, 1.82) is 5.26 Å². The lowest BCUT2D eigenvalue weighted by molar-refractivity contribution is -0.137. The lowest BCUT2D eigenvalue weighted by Crippen LogP contribution is -2.05. The fourth-order valence-corrected chi connectivity index (χ4v) is 1.47. The first kappa shape index (κ1) is 13.7. The average Bonchev–Trinajstić information content (AvgIpc) is 2.40. The topological polar surface area (TPSA) is 71.9 Å². The van der Waals surface area contributed by atoms with Gasteiger partial charge in [-0.05, 0) is 24.3 Å². The molecule has 0 fully saturated rings. The Morgan fingerprint density at radius 1 is 1.20 bits per heavy atom. The van der Waals surface area contributed by atoms with E-state index in [1.54, 1.807) is 0 Å². The fraction of sp³-hybridized carbons (Fsp3) is 0.0769.